The highest BCUT2D eigenvalue weighted by Crippen LogP contribution is 2.56. The molecule has 10 heteroatoms. The van der Waals surface area contributed by atoms with Crippen molar-refractivity contribution in [1.29, 1.82) is 0 Å². The summed E-state index contributed by atoms with van der Waals surface area (Å²) >= 11 is 0. The van der Waals surface area contributed by atoms with Crippen molar-refractivity contribution in [1.82, 2.24) is 15.0 Å². The first kappa shape index (κ1) is 23.2. The summed E-state index contributed by atoms with van der Waals surface area (Å²) in [7, 11) is -3.79. The van der Waals surface area contributed by atoms with Crippen LogP contribution in [0.1, 0.15) is 60.2 Å². The van der Waals surface area contributed by atoms with E-state index in [-0.39, 0.29) is 45.5 Å². The maximum atomic E-state index is 12.8. The van der Waals surface area contributed by atoms with Crippen LogP contribution in [0.3, 0.4) is 0 Å². The first-order valence-corrected chi connectivity index (χ1v) is 12.4. The molecule has 33 heavy (non-hydrogen) atoms. The van der Waals surface area contributed by atoms with Gasteiger partial charge in [-0.1, -0.05) is 12.1 Å². The number of sulfonamides is 1. The molecular formula is C23H28N4O5S. The average Bonchev–Trinajstić information content (AvgIpc) is 2.69. The Morgan fingerprint density at radius 2 is 1.76 bits per heavy atom. The largest absolute Gasteiger partial charge is 0.474 e. The van der Waals surface area contributed by atoms with E-state index >= 15 is 0 Å². The molecule has 2 fully saturated rings. The van der Waals surface area contributed by atoms with E-state index in [4.69, 9.17) is 10.5 Å². The molecule has 0 aliphatic heterocycles. The van der Waals surface area contributed by atoms with Crippen LogP contribution in [0.15, 0.2) is 47.5 Å². The van der Waals surface area contributed by atoms with Crippen molar-refractivity contribution in [3.05, 3.63) is 53.7 Å². The van der Waals surface area contributed by atoms with Crippen molar-refractivity contribution < 1.29 is 22.7 Å². The molecule has 0 saturated heterocycles. The zero-order chi connectivity index (χ0) is 23.8. The third-order valence-corrected chi connectivity index (χ3v) is 7.86. The number of amides is 2. The molecule has 4 rings (SSSR count). The number of carbonyl (C=O) groups excluding carboxylic acids is 2. The van der Waals surface area contributed by atoms with E-state index in [1.165, 1.54) is 12.1 Å². The number of ether oxygens (including phenoxy) is 1. The Hall–Kier alpha value is -2.98. The highest BCUT2D eigenvalue weighted by atomic mass is 32.2. The van der Waals surface area contributed by atoms with E-state index < -0.39 is 21.8 Å². The number of nitrogens with one attached hydrogen (secondary N) is 2. The van der Waals surface area contributed by atoms with Gasteiger partial charge < -0.3 is 15.8 Å². The standard InChI is InChI=1S/C23H28N4O5S/c1-14(2)27-33(30,31)19-8-4-3-6-17(19)21(29)26-15-10-23(11-15)12-16(13-23)32-22-18(20(24)28)7-5-9-25-22/h3-9,14-16,27H,10-13H2,1-2H3,(H2,24,28)(H,26,29). The monoisotopic (exact) mass is 472 g/mol. The first-order valence-electron chi connectivity index (χ1n) is 10.9. The molecule has 2 amide bonds. The van der Waals surface area contributed by atoms with Crippen molar-refractivity contribution >= 4 is 21.8 Å². The zero-order valence-electron chi connectivity index (χ0n) is 18.6. The molecule has 0 bridgehead atoms. The number of hydrogen-bond acceptors (Lipinski definition) is 6. The molecule has 0 radical (unpaired) electrons. The number of benzene rings is 1. The van der Waals surface area contributed by atoms with Crippen LogP contribution in [0.2, 0.25) is 0 Å². The van der Waals surface area contributed by atoms with E-state index in [0.29, 0.717) is 0 Å². The fourth-order valence-corrected chi connectivity index (χ4v) is 6.22. The summed E-state index contributed by atoms with van der Waals surface area (Å²) in [6.07, 6.45) is 4.70. The summed E-state index contributed by atoms with van der Waals surface area (Å²) < 4.78 is 33.6. The summed E-state index contributed by atoms with van der Waals surface area (Å²) in [5, 5.41) is 2.96. The lowest BCUT2D eigenvalue weighted by Gasteiger charge is -2.57. The highest BCUT2D eigenvalue weighted by Gasteiger charge is 2.54. The summed E-state index contributed by atoms with van der Waals surface area (Å²) in [4.78, 5) is 28.5. The van der Waals surface area contributed by atoms with Gasteiger partial charge in [0.05, 0.1) is 10.5 Å². The van der Waals surface area contributed by atoms with Crippen molar-refractivity contribution in [2.24, 2.45) is 11.1 Å². The molecule has 2 aliphatic carbocycles. The summed E-state index contributed by atoms with van der Waals surface area (Å²) in [6, 6.07) is 9.13. The lowest BCUT2D eigenvalue weighted by atomic mass is 9.53. The number of carbonyl (C=O) groups is 2. The topological polar surface area (TPSA) is 140 Å². The number of pyridine rings is 1. The summed E-state index contributed by atoms with van der Waals surface area (Å²) in [6.45, 7) is 3.46. The van der Waals surface area contributed by atoms with Gasteiger partial charge in [-0.25, -0.2) is 18.1 Å². The van der Waals surface area contributed by atoms with E-state index in [9.17, 15) is 18.0 Å². The summed E-state index contributed by atoms with van der Waals surface area (Å²) in [5.74, 6) is -0.724. The molecule has 9 nitrogen and oxygen atoms in total. The molecule has 176 valence electrons. The van der Waals surface area contributed by atoms with Gasteiger partial charge in [0.2, 0.25) is 15.9 Å². The van der Waals surface area contributed by atoms with Gasteiger partial charge in [-0.3, -0.25) is 9.59 Å². The average molecular weight is 473 g/mol. The molecule has 1 spiro atoms. The van der Waals surface area contributed by atoms with Crippen LogP contribution in [-0.4, -0.2) is 43.4 Å². The van der Waals surface area contributed by atoms with Gasteiger partial charge in [0, 0.05) is 18.3 Å². The third kappa shape index (κ3) is 4.86. The molecule has 1 heterocycles. The molecule has 1 aromatic heterocycles. The lowest BCUT2D eigenvalue weighted by Crippen LogP contribution is -2.58. The quantitative estimate of drug-likeness (QED) is 0.537. The van der Waals surface area contributed by atoms with Crippen LogP contribution in [0.25, 0.3) is 0 Å². The Labute approximate surface area is 193 Å². The van der Waals surface area contributed by atoms with Gasteiger partial charge in [-0.15, -0.1) is 0 Å². The van der Waals surface area contributed by atoms with Crippen LogP contribution in [0.5, 0.6) is 5.88 Å². The fourth-order valence-electron chi connectivity index (χ4n) is 4.77. The second-order valence-corrected chi connectivity index (χ2v) is 10.9. The minimum atomic E-state index is -3.79. The first-order chi connectivity index (χ1) is 15.6. The van der Waals surface area contributed by atoms with Crippen LogP contribution in [0, 0.1) is 5.41 Å². The molecule has 2 saturated carbocycles. The molecule has 4 N–H and O–H groups in total. The minimum absolute atomic E-state index is 0.0247. The van der Waals surface area contributed by atoms with Crippen molar-refractivity contribution in [3.63, 3.8) is 0 Å². The van der Waals surface area contributed by atoms with Crippen molar-refractivity contribution in [3.8, 4) is 5.88 Å². The van der Waals surface area contributed by atoms with Crippen LogP contribution < -0.4 is 20.5 Å². The molecule has 1 aromatic carbocycles. The smallest absolute Gasteiger partial charge is 0.254 e. The predicted octanol–water partition coefficient (Wildman–Crippen LogP) is 1.99. The van der Waals surface area contributed by atoms with E-state index in [1.54, 1.807) is 44.3 Å². The Bertz CT molecular complexity index is 1170. The normalized spacial score (nSPS) is 24.1. The second-order valence-electron chi connectivity index (χ2n) is 9.22. The van der Waals surface area contributed by atoms with Gasteiger partial charge in [0.1, 0.15) is 11.7 Å². The van der Waals surface area contributed by atoms with Crippen molar-refractivity contribution in [2.75, 3.05) is 0 Å². The Balaban J connectivity index is 1.32. The second kappa shape index (κ2) is 8.75. The minimum Gasteiger partial charge on any atom is -0.474 e. The number of hydrogen-bond donors (Lipinski definition) is 3. The maximum Gasteiger partial charge on any atom is 0.254 e. The number of aromatic nitrogens is 1. The van der Waals surface area contributed by atoms with E-state index in [1.807, 2.05) is 0 Å². The van der Waals surface area contributed by atoms with E-state index in [0.717, 1.165) is 25.7 Å². The lowest BCUT2D eigenvalue weighted by molar-refractivity contribution is -0.0848. The number of nitrogens with two attached hydrogens (primary N) is 1. The number of rotatable bonds is 8. The molecular weight excluding hydrogens is 444 g/mol. The van der Waals surface area contributed by atoms with Gasteiger partial charge in [0.25, 0.3) is 11.8 Å². The SMILES string of the molecule is CC(C)NS(=O)(=O)c1ccccc1C(=O)NC1CC2(C1)CC(Oc1ncccc1C(N)=O)C2. The van der Waals surface area contributed by atoms with Gasteiger partial charge in [-0.2, -0.15) is 0 Å². The number of primary amides is 1. The number of nitrogens with zero attached hydrogens (tertiary/aromatic N) is 1. The third-order valence-electron chi connectivity index (χ3n) is 6.14. The maximum absolute atomic E-state index is 12.8. The van der Waals surface area contributed by atoms with Gasteiger partial charge in [-0.05, 0) is 69.2 Å². The van der Waals surface area contributed by atoms with Gasteiger partial charge >= 0.3 is 0 Å². The van der Waals surface area contributed by atoms with Gasteiger partial charge in [0.15, 0.2) is 0 Å². The van der Waals surface area contributed by atoms with Crippen LogP contribution >= 0.6 is 0 Å². The summed E-state index contributed by atoms with van der Waals surface area (Å²) in [5.41, 5.74) is 5.86. The zero-order valence-corrected chi connectivity index (χ0v) is 19.4. The highest BCUT2D eigenvalue weighted by molar-refractivity contribution is 7.89. The van der Waals surface area contributed by atoms with Crippen molar-refractivity contribution in [2.45, 2.75) is 62.6 Å². The molecule has 2 aliphatic rings. The molecule has 0 atom stereocenters. The Kier molecular flexibility index (Phi) is 6.15. The molecule has 2 aromatic rings. The van der Waals surface area contributed by atoms with Crippen LogP contribution in [0.4, 0.5) is 0 Å². The Morgan fingerprint density at radius 1 is 1.09 bits per heavy atom. The Morgan fingerprint density at radius 3 is 2.42 bits per heavy atom. The fraction of sp³-hybridized carbons (Fsp3) is 0.435. The predicted molar refractivity (Wildman–Crippen MR) is 121 cm³/mol. The molecule has 0 unspecified atom stereocenters. The van der Waals surface area contributed by atoms with E-state index in [2.05, 4.69) is 15.0 Å². The van der Waals surface area contributed by atoms with Crippen LogP contribution in [-0.2, 0) is 10.0 Å².